The van der Waals surface area contributed by atoms with Gasteiger partial charge in [0.05, 0.1) is 6.54 Å². The van der Waals surface area contributed by atoms with Gasteiger partial charge in [0.1, 0.15) is 11.6 Å². The third kappa shape index (κ3) is 3.20. The van der Waals surface area contributed by atoms with Gasteiger partial charge < -0.3 is 5.32 Å². The van der Waals surface area contributed by atoms with Crippen LogP contribution >= 0.6 is 0 Å². The van der Waals surface area contributed by atoms with Gasteiger partial charge in [0, 0.05) is 12.6 Å². The van der Waals surface area contributed by atoms with Gasteiger partial charge in [-0.2, -0.15) is 5.10 Å². The van der Waals surface area contributed by atoms with Gasteiger partial charge in [0.15, 0.2) is 0 Å². The second-order valence-electron chi connectivity index (χ2n) is 5.34. The first kappa shape index (κ1) is 12.4. The van der Waals surface area contributed by atoms with Crippen LogP contribution in [-0.4, -0.2) is 20.8 Å². The lowest BCUT2D eigenvalue weighted by molar-refractivity contribution is 0.652. The smallest absolute Gasteiger partial charge is 0.147 e. The summed E-state index contributed by atoms with van der Waals surface area (Å²) in [4.78, 5) is 4.34. The number of nitrogens with zero attached hydrogens (tertiary/aromatic N) is 3. The van der Waals surface area contributed by atoms with Gasteiger partial charge in [-0.25, -0.2) is 9.67 Å². The van der Waals surface area contributed by atoms with Gasteiger partial charge in [0.25, 0.3) is 0 Å². The van der Waals surface area contributed by atoms with Crippen molar-refractivity contribution in [2.24, 2.45) is 0 Å². The summed E-state index contributed by atoms with van der Waals surface area (Å²) in [5.74, 6) is 1.81. The van der Waals surface area contributed by atoms with Gasteiger partial charge in [-0.1, -0.05) is 24.3 Å². The molecule has 0 saturated heterocycles. The lowest BCUT2D eigenvalue weighted by Crippen LogP contribution is -2.15. The zero-order chi connectivity index (χ0) is 13.2. The normalized spacial score (nSPS) is 14.8. The van der Waals surface area contributed by atoms with Crippen LogP contribution in [-0.2, 0) is 13.1 Å². The summed E-state index contributed by atoms with van der Waals surface area (Å²) in [6.45, 7) is 5.69. The van der Waals surface area contributed by atoms with Crippen molar-refractivity contribution in [3.8, 4) is 0 Å². The van der Waals surface area contributed by atoms with Crippen LogP contribution in [0.5, 0.6) is 0 Å². The molecular weight excluding hydrogens is 236 g/mol. The van der Waals surface area contributed by atoms with Gasteiger partial charge in [-0.3, -0.25) is 0 Å². The van der Waals surface area contributed by atoms with Gasteiger partial charge >= 0.3 is 0 Å². The Labute approximate surface area is 113 Å². The monoisotopic (exact) mass is 256 g/mol. The van der Waals surface area contributed by atoms with Crippen molar-refractivity contribution in [3.63, 3.8) is 0 Å². The Balaban J connectivity index is 1.69. The van der Waals surface area contributed by atoms with E-state index < -0.39 is 0 Å². The Morgan fingerprint density at radius 2 is 2.05 bits per heavy atom. The molecule has 1 fully saturated rings. The molecular formula is C15H20N4. The molecule has 1 heterocycles. The number of benzene rings is 1. The first-order valence-corrected chi connectivity index (χ1v) is 6.90. The fourth-order valence-electron chi connectivity index (χ4n) is 2.27. The van der Waals surface area contributed by atoms with E-state index in [-0.39, 0.29) is 0 Å². The van der Waals surface area contributed by atoms with Crippen molar-refractivity contribution in [1.29, 1.82) is 0 Å². The van der Waals surface area contributed by atoms with E-state index in [0.29, 0.717) is 0 Å². The molecule has 4 nitrogen and oxygen atoms in total. The van der Waals surface area contributed by atoms with Crippen LogP contribution in [0.25, 0.3) is 0 Å². The summed E-state index contributed by atoms with van der Waals surface area (Å²) in [7, 11) is 0. The zero-order valence-electron chi connectivity index (χ0n) is 11.6. The molecule has 1 saturated carbocycles. The maximum atomic E-state index is 4.41. The summed E-state index contributed by atoms with van der Waals surface area (Å²) in [5, 5.41) is 7.95. The second kappa shape index (κ2) is 5.13. The quantitative estimate of drug-likeness (QED) is 0.891. The summed E-state index contributed by atoms with van der Waals surface area (Å²) >= 11 is 0. The minimum Gasteiger partial charge on any atom is -0.310 e. The topological polar surface area (TPSA) is 42.7 Å². The molecule has 0 unspecified atom stereocenters. The highest BCUT2D eigenvalue weighted by Crippen LogP contribution is 2.19. The van der Waals surface area contributed by atoms with Crippen LogP contribution in [0.4, 0.5) is 0 Å². The van der Waals surface area contributed by atoms with E-state index in [4.69, 9.17) is 0 Å². The van der Waals surface area contributed by atoms with E-state index in [1.54, 1.807) is 0 Å². The molecule has 4 heteroatoms. The molecule has 0 radical (unpaired) electrons. The molecule has 1 aromatic heterocycles. The van der Waals surface area contributed by atoms with E-state index in [1.807, 2.05) is 18.5 Å². The van der Waals surface area contributed by atoms with E-state index >= 15 is 0 Å². The van der Waals surface area contributed by atoms with Crippen molar-refractivity contribution in [2.75, 3.05) is 0 Å². The minimum atomic E-state index is 0.754. The van der Waals surface area contributed by atoms with E-state index in [9.17, 15) is 0 Å². The molecule has 0 aliphatic heterocycles. The van der Waals surface area contributed by atoms with Crippen LogP contribution in [0, 0.1) is 13.8 Å². The fraction of sp³-hybridized carbons (Fsp3) is 0.467. The van der Waals surface area contributed by atoms with Crippen molar-refractivity contribution < 1.29 is 0 Å². The molecule has 100 valence electrons. The Bertz CT molecular complexity index is 569. The predicted molar refractivity (Wildman–Crippen MR) is 74.9 cm³/mol. The Kier molecular flexibility index (Phi) is 3.34. The van der Waals surface area contributed by atoms with E-state index in [2.05, 4.69) is 39.7 Å². The van der Waals surface area contributed by atoms with Crippen LogP contribution < -0.4 is 5.32 Å². The number of hydrogen-bond acceptors (Lipinski definition) is 3. The molecule has 0 spiro atoms. The van der Waals surface area contributed by atoms with Gasteiger partial charge in [-0.05, 0) is 37.8 Å². The summed E-state index contributed by atoms with van der Waals surface area (Å²) in [6.07, 6.45) is 2.66. The van der Waals surface area contributed by atoms with Crippen molar-refractivity contribution in [3.05, 3.63) is 47.0 Å². The number of aryl methyl sites for hydroxylation is 2. The van der Waals surface area contributed by atoms with Crippen molar-refractivity contribution in [1.82, 2.24) is 20.1 Å². The maximum absolute atomic E-state index is 4.41. The highest BCUT2D eigenvalue weighted by atomic mass is 15.3. The summed E-state index contributed by atoms with van der Waals surface area (Å²) < 4.78 is 1.96. The van der Waals surface area contributed by atoms with E-state index in [1.165, 1.54) is 24.0 Å². The van der Waals surface area contributed by atoms with Gasteiger partial charge in [0.2, 0.25) is 0 Å². The van der Waals surface area contributed by atoms with Crippen LogP contribution in [0.1, 0.15) is 35.6 Å². The predicted octanol–water partition coefficient (Wildman–Crippen LogP) is 2.20. The first-order valence-electron chi connectivity index (χ1n) is 6.90. The first-order chi connectivity index (χ1) is 9.20. The molecule has 1 aliphatic rings. The lowest BCUT2D eigenvalue weighted by Gasteiger charge is -2.07. The van der Waals surface area contributed by atoms with Crippen molar-refractivity contribution in [2.45, 2.75) is 45.8 Å². The molecule has 0 amide bonds. The molecule has 0 bridgehead atoms. The third-order valence-corrected chi connectivity index (χ3v) is 3.46. The van der Waals surface area contributed by atoms with Crippen LogP contribution in [0.3, 0.4) is 0 Å². The molecule has 1 N–H and O–H groups in total. The molecule has 1 aliphatic carbocycles. The molecule has 19 heavy (non-hydrogen) atoms. The minimum absolute atomic E-state index is 0.754. The van der Waals surface area contributed by atoms with E-state index in [0.717, 1.165) is 30.8 Å². The Morgan fingerprint density at radius 1 is 1.26 bits per heavy atom. The van der Waals surface area contributed by atoms with Crippen LogP contribution in [0.15, 0.2) is 24.3 Å². The summed E-state index contributed by atoms with van der Waals surface area (Å²) in [6, 6.07) is 9.46. The Hall–Kier alpha value is -1.68. The largest absolute Gasteiger partial charge is 0.310 e. The lowest BCUT2D eigenvalue weighted by atomic mass is 10.1. The SMILES string of the molecule is Cc1nc(C)n(Cc2cccc(CNC3CC3)c2)n1. The molecule has 3 rings (SSSR count). The number of rotatable bonds is 5. The number of aromatic nitrogens is 3. The van der Waals surface area contributed by atoms with Gasteiger partial charge in [-0.15, -0.1) is 0 Å². The van der Waals surface area contributed by atoms with Crippen LogP contribution in [0.2, 0.25) is 0 Å². The maximum Gasteiger partial charge on any atom is 0.147 e. The molecule has 1 aromatic carbocycles. The van der Waals surface area contributed by atoms with Crippen molar-refractivity contribution >= 4 is 0 Å². The summed E-state index contributed by atoms with van der Waals surface area (Å²) in [5.41, 5.74) is 2.63. The highest BCUT2D eigenvalue weighted by molar-refractivity contribution is 5.24. The average molecular weight is 256 g/mol. The zero-order valence-corrected chi connectivity index (χ0v) is 11.6. The molecule has 2 aromatic rings. The average Bonchev–Trinajstić information content (AvgIpc) is 3.15. The standard InChI is InChI=1S/C15H20N4/c1-11-17-12(2)19(18-11)10-14-5-3-4-13(8-14)9-16-15-6-7-15/h3-5,8,15-16H,6-7,9-10H2,1-2H3. The number of hydrogen-bond donors (Lipinski definition) is 1. The Morgan fingerprint density at radius 3 is 2.74 bits per heavy atom. The number of nitrogens with one attached hydrogen (secondary N) is 1. The fourth-order valence-corrected chi connectivity index (χ4v) is 2.27. The molecule has 0 atom stereocenters. The second-order valence-corrected chi connectivity index (χ2v) is 5.34. The third-order valence-electron chi connectivity index (χ3n) is 3.46. The highest BCUT2D eigenvalue weighted by Gasteiger charge is 2.19.